The van der Waals surface area contributed by atoms with Crippen molar-refractivity contribution in [2.75, 3.05) is 31.6 Å². The van der Waals surface area contributed by atoms with E-state index in [0.29, 0.717) is 12.5 Å². The summed E-state index contributed by atoms with van der Waals surface area (Å²) in [6.07, 6.45) is 1.82. The molecule has 0 bridgehead atoms. The summed E-state index contributed by atoms with van der Waals surface area (Å²) in [5, 5.41) is 3.51. The number of anilines is 1. The lowest BCUT2D eigenvalue weighted by Gasteiger charge is -2.16. The van der Waals surface area contributed by atoms with Crippen LogP contribution in [0, 0.1) is 0 Å². The Bertz CT molecular complexity index is 302. The SMILES string of the molecule is FCCCN1CCC(Nc2ccccc2)C1. The average molecular weight is 222 g/mol. The Morgan fingerprint density at radius 2 is 2.12 bits per heavy atom. The predicted molar refractivity (Wildman–Crippen MR) is 65.5 cm³/mol. The standard InChI is InChI=1S/C13H19FN2/c14-8-4-9-16-10-7-13(11-16)15-12-5-2-1-3-6-12/h1-3,5-6,13,15H,4,7-11H2. The van der Waals surface area contributed by atoms with E-state index in [1.807, 2.05) is 18.2 Å². The van der Waals surface area contributed by atoms with Crippen LogP contribution in [-0.2, 0) is 0 Å². The lowest BCUT2D eigenvalue weighted by Crippen LogP contribution is -2.27. The minimum atomic E-state index is -0.201. The second kappa shape index (κ2) is 5.85. The molecule has 2 nitrogen and oxygen atoms in total. The maximum absolute atomic E-state index is 12.0. The summed E-state index contributed by atoms with van der Waals surface area (Å²) in [4.78, 5) is 2.33. The lowest BCUT2D eigenvalue weighted by atomic mass is 10.2. The second-order valence-electron chi connectivity index (χ2n) is 4.34. The molecule has 1 aliphatic rings. The first-order chi connectivity index (χ1) is 7.88. The molecule has 1 unspecified atom stereocenters. The van der Waals surface area contributed by atoms with Gasteiger partial charge in [-0.3, -0.25) is 4.39 Å². The van der Waals surface area contributed by atoms with Gasteiger partial charge in [0, 0.05) is 31.4 Å². The van der Waals surface area contributed by atoms with E-state index in [1.165, 1.54) is 5.69 Å². The molecule has 1 aromatic rings. The molecule has 0 saturated carbocycles. The molecule has 16 heavy (non-hydrogen) atoms. The van der Waals surface area contributed by atoms with E-state index < -0.39 is 0 Å². The monoisotopic (exact) mass is 222 g/mol. The lowest BCUT2D eigenvalue weighted by molar-refractivity contribution is 0.310. The van der Waals surface area contributed by atoms with Crippen molar-refractivity contribution in [1.82, 2.24) is 4.90 Å². The molecule has 1 atom stereocenters. The van der Waals surface area contributed by atoms with Gasteiger partial charge in [0.25, 0.3) is 0 Å². The number of rotatable bonds is 5. The van der Waals surface area contributed by atoms with Gasteiger partial charge in [-0.25, -0.2) is 0 Å². The van der Waals surface area contributed by atoms with E-state index in [1.54, 1.807) is 0 Å². The van der Waals surface area contributed by atoms with Gasteiger partial charge in [-0.05, 0) is 25.0 Å². The van der Waals surface area contributed by atoms with Crippen molar-refractivity contribution in [3.8, 4) is 0 Å². The van der Waals surface area contributed by atoms with Crippen LogP contribution >= 0.6 is 0 Å². The fourth-order valence-corrected chi connectivity index (χ4v) is 2.21. The van der Waals surface area contributed by atoms with Crippen molar-refractivity contribution in [1.29, 1.82) is 0 Å². The summed E-state index contributed by atoms with van der Waals surface area (Å²) in [5.41, 5.74) is 1.18. The van der Waals surface area contributed by atoms with Crippen molar-refractivity contribution < 1.29 is 4.39 Å². The van der Waals surface area contributed by atoms with Gasteiger partial charge in [0.2, 0.25) is 0 Å². The number of benzene rings is 1. The number of hydrogen-bond donors (Lipinski definition) is 1. The van der Waals surface area contributed by atoms with E-state index in [-0.39, 0.29) is 6.67 Å². The summed E-state index contributed by atoms with van der Waals surface area (Å²) in [6.45, 7) is 2.82. The molecule has 1 aliphatic heterocycles. The Labute approximate surface area is 96.5 Å². The van der Waals surface area contributed by atoms with E-state index in [0.717, 1.165) is 26.1 Å². The van der Waals surface area contributed by atoms with Gasteiger partial charge < -0.3 is 10.2 Å². The summed E-state index contributed by atoms with van der Waals surface area (Å²) in [6, 6.07) is 10.8. The third-order valence-electron chi connectivity index (χ3n) is 3.02. The van der Waals surface area contributed by atoms with Crippen molar-refractivity contribution in [2.45, 2.75) is 18.9 Å². The summed E-state index contributed by atoms with van der Waals surface area (Å²) >= 11 is 0. The Morgan fingerprint density at radius 3 is 2.88 bits per heavy atom. The number of alkyl halides is 1. The number of nitrogens with zero attached hydrogens (tertiary/aromatic N) is 1. The fourth-order valence-electron chi connectivity index (χ4n) is 2.21. The second-order valence-corrected chi connectivity index (χ2v) is 4.34. The van der Waals surface area contributed by atoms with E-state index in [2.05, 4.69) is 22.3 Å². The molecule has 0 aromatic heterocycles. The van der Waals surface area contributed by atoms with Gasteiger partial charge in [0.05, 0.1) is 6.67 Å². The van der Waals surface area contributed by atoms with E-state index in [9.17, 15) is 4.39 Å². The van der Waals surface area contributed by atoms with Crippen molar-refractivity contribution >= 4 is 5.69 Å². The molecular formula is C13H19FN2. The summed E-state index contributed by atoms with van der Waals surface area (Å²) in [7, 11) is 0. The minimum absolute atomic E-state index is 0.201. The summed E-state index contributed by atoms with van der Waals surface area (Å²) < 4.78 is 12.0. The van der Waals surface area contributed by atoms with Gasteiger partial charge in [0.1, 0.15) is 0 Å². The smallest absolute Gasteiger partial charge is 0.0906 e. The van der Waals surface area contributed by atoms with Crippen LogP contribution < -0.4 is 5.32 Å². The molecule has 1 N–H and O–H groups in total. The highest BCUT2D eigenvalue weighted by Gasteiger charge is 2.21. The number of likely N-dealkylation sites (tertiary alicyclic amines) is 1. The van der Waals surface area contributed by atoms with Crippen molar-refractivity contribution in [2.24, 2.45) is 0 Å². The third-order valence-corrected chi connectivity index (χ3v) is 3.02. The third kappa shape index (κ3) is 3.20. The zero-order chi connectivity index (χ0) is 11.2. The molecule has 0 spiro atoms. The normalized spacial score (nSPS) is 21.2. The zero-order valence-electron chi connectivity index (χ0n) is 9.53. The quantitative estimate of drug-likeness (QED) is 0.823. The molecule has 0 aliphatic carbocycles. The average Bonchev–Trinajstić information content (AvgIpc) is 2.75. The molecule has 1 saturated heterocycles. The molecule has 1 fully saturated rings. The summed E-state index contributed by atoms with van der Waals surface area (Å²) in [5.74, 6) is 0. The van der Waals surface area contributed by atoms with Crippen LogP contribution in [0.15, 0.2) is 30.3 Å². The Hall–Kier alpha value is -1.09. The van der Waals surface area contributed by atoms with E-state index >= 15 is 0 Å². The minimum Gasteiger partial charge on any atom is -0.381 e. The number of halogens is 1. The number of para-hydroxylation sites is 1. The van der Waals surface area contributed by atoms with Crippen molar-refractivity contribution in [3.05, 3.63) is 30.3 Å². The van der Waals surface area contributed by atoms with E-state index in [4.69, 9.17) is 0 Å². The fraction of sp³-hybridized carbons (Fsp3) is 0.538. The van der Waals surface area contributed by atoms with Crippen LogP contribution in [0.2, 0.25) is 0 Å². The molecule has 2 rings (SSSR count). The molecule has 0 radical (unpaired) electrons. The van der Waals surface area contributed by atoms with Crippen LogP contribution in [0.5, 0.6) is 0 Å². The Balaban J connectivity index is 1.76. The zero-order valence-corrected chi connectivity index (χ0v) is 9.53. The number of hydrogen-bond acceptors (Lipinski definition) is 2. The van der Waals surface area contributed by atoms with Gasteiger partial charge in [-0.2, -0.15) is 0 Å². The largest absolute Gasteiger partial charge is 0.381 e. The van der Waals surface area contributed by atoms with Crippen LogP contribution in [0.1, 0.15) is 12.8 Å². The van der Waals surface area contributed by atoms with Crippen LogP contribution in [0.4, 0.5) is 10.1 Å². The molecule has 3 heteroatoms. The molecule has 88 valence electrons. The van der Waals surface area contributed by atoms with Crippen molar-refractivity contribution in [3.63, 3.8) is 0 Å². The predicted octanol–water partition coefficient (Wildman–Crippen LogP) is 2.53. The van der Waals surface area contributed by atoms with Crippen LogP contribution in [0.3, 0.4) is 0 Å². The Kier molecular flexibility index (Phi) is 4.17. The maximum atomic E-state index is 12.0. The first-order valence-electron chi connectivity index (χ1n) is 5.98. The molecule has 1 aromatic carbocycles. The highest BCUT2D eigenvalue weighted by molar-refractivity contribution is 5.43. The molecule has 0 amide bonds. The highest BCUT2D eigenvalue weighted by Crippen LogP contribution is 2.15. The van der Waals surface area contributed by atoms with Gasteiger partial charge in [0.15, 0.2) is 0 Å². The van der Waals surface area contributed by atoms with Crippen LogP contribution in [-0.4, -0.2) is 37.3 Å². The highest BCUT2D eigenvalue weighted by atomic mass is 19.1. The first-order valence-corrected chi connectivity index (χ1v) is 5.98. The van der Waals surface area contributed by atoms with Crippen LogP contribution in [0.25, 0.3) is 0 Å². The Morgan fingerprint density at radius 1 is 1.31 bits per heavy atom. The van der Waals surface area contributed by atoms with Gasteiger partial charge >= 0.3 is 0 Å². The molecule has 1 heterocycles. The maximum Gasteiger partial charge on any atom is 0.0906 e. The van der Waals surface area contributed by atoms with Gasteiger partial charge in [-0.15, -0.1) is 0 Å². The number of nitrogens with one attached hydrogen (secondary N) is 1. The molecular weight excluding hydrogens is 203 g/mol. The first kappa shape index (κ1) is 11.4. The van der Waals surface area contributed by atoms with Gasteiger partial charge in [-0.1, -0.05) is 18.2 Å². The topological polar surface area (TPSA) is 15.3 Å².